The Hall–Kier alpha value is -1.88. The normalized spacial score (nSPS) is 10.7. The number of nitrogens with one attached hydrogen (secondary N) is 1. The van der Waals surface area contributed by atoms with E-state index in [0.29, 0.717) is 18.8 Å². The fourth-order valence-electron chi connectivity index (χ4n) is 1.99. The number of nitrogens with zero attached hydrogens (tertiary/aromatic N) is 1. The second kappa shape index (κ2) is 8.54. The molecule has 0 aromatic carbocycles. The summed E-state index contributed by atoms with van der Waals surface area (Å²) in [6.07, 6.45) is 4.25. The molecule has 2 aromatic rings. The highest BCUT2D eigenvalue weighted by Crippen LogP contribution is 2.12. The molecular weight excluding hydrogens is 296 g/mol. The molecule has 5 heteroatoms. The molecular formula is C17H22N2O2S. The van der Waals surface area contributed by atoms with E-state index in [0.717, 1.165) is 18.4 Å². The minimum absolute atomic E-state index is 0.0825. The zero-order valence-electron chi connectivity index (χ0n) is 13.0. The van der Waals surface area contributed by atoms with Crippen LogP contribution in [0.25, 0.3) is 0 Å². The van der Waals surface area contributed by atoms with Crippen molar-refractivity contribution in [3.8, 4) is 5.88 Å². The second-order valence-corrected chi connectivity index (χ2v) is 6.41. The SMILES string of the molecule is CC(C)Oc1ccc(CNC(=O)CCCc2cccs2)cn1. The van der Waals surface area contributed by atoms with Crippen molar-refractivity contribution < 1.29 is 9.53 Å². The van der Waals surface area contributed by atoms with Crippen molar-refractivity contribution in [2.75, 3.05) is 0 Å². The van der Waals surface area contributed by atoms with Gasteiger partial charge in [-0.3, -0.25) is 4.79 Å². The van der Waals surface area contributed by atoms with Crippen LogP contribution in [0.15, 0.2) is 35.8 Å². The molecule has 0 aliphatic rings. The Morgan fingerprint density at radius 2 is 2.23 bits per heavy atom. The Morgan fingerprint density at radius 1 is 1.36 bits per heavy atom. The molecule has 0 unspecified atom stereocenters. The summed E-state index contributed by atoms with van der Waals surface area (Å²) >= 11 is 1.74. The van der Waals surface area contributed by atoms with Gasteiger partial charge in [0.05, 0.1) is 6.10 Å². The van der Waals surface area contributed by atoms with Crippen LogP contribution < -0.4 is 10.1 Å². The highest BCUT2D eigenvalue weighted by molar-refractivity contribution is 7.09. The average molecular weight is 318 g/mol. The van der Waals surface area contributed by atoms with Crippen molar-refractivity contribution in [2.24, 2.45) is 0 Å². The van der Waals surface area contributed by atoms with Gasteiger partial charge in [0.2, 0.25) is 11.8 Å². The number of hydrogen-bond acceptors (Lipinski definition) is 4. The lowest BCUT2D eigenvalue weighted by atomic mass is 10.2. The topological polar surface area (TPSA) is 51.2 Å². The molecule has 22 heavy (non-hydrogen) atoms. The first-order valence-electron chi connectivity index (χ1n) is 7.54. The van der Waals surface area contributed by atoms with E-state index in [1.807, 2.05) is 32.0 Å². The predicted octanol–water partition coefficient (Wildman–Crippen LogP) is 3.57. The molecule has 0 aliphatic heterocycles. The Bertz CT molecular complexity index is 565. The van der Waals surface area contributed by atoms with Crippen LogP contribution in [-0.2, 0) is 17.8 Å². The van der Waals surface area contributed by atoms with Crippen LogP contribution >= 0.6 is 11.3 Å². The number of rotatable bonds is 8. The Balaban J connectivity index is 1.67. The molecule has 0 saturated carbocycles. The van der Waals surface area contributed by atoms with Gasteiger partial charge in [0.15, 0.2) is 0 Å². The third-order valence-electron chi connectivity index (χ3n) is 3.05. The first kappa shape index (κ1) is 16.5. The van der Waals surface area contributed by atoms with Crippen molar-refractivity contribution in [1.82, 2.24) is 10.3 Å². The highest BCUT2D eigenvalue weighted by Gasteiger charge is 2.04. The van der Waals surface area contributed by atoms with E-state index in [-0.39, 0.29) is 12.0 Å². The molecule has 0 radical (unpaired) electrons. The van der Waals surface area contributed by atoms with E-state index in [9.17, 15) is 4.79 Å². The van der Waals surface area contributed by atoms with E-state index in [4.69, 9.17) is 4.74 Å². The smallest absolute Gasteiger partial charge is 0.220 e. The van der Waals surface area contributed by atoms with Crippen LogP contribution in [0.5, 0.6) is 5.88 Å². The Morgan fingerprint density at radius 3 is 2.86 bits per heavy atom. The number of carbonyl (C=O) groups is 1. The number of aryl methyl sites for hydroxylation is 1. The predicted molar refractivity (Wildman–Crippen MR) is 89.1 cm³/mol. The van der Waals surface area contributed by atoms with Gasteiger partial charge in [-0.25, -0.2) is 4.98 Å². The Kier molecular flexibility index (Phi) is 6.40. The standard InChI is InChI=1S/C17H22N2O2S/c1-13(2)21-17-9-8-14(12-19-17)11-18-16(20)7-3-5-15-6-4-10-22-15/h4,6,8-10,12-13H,3,5,7,11H2,1-2H3,(H,18,20). The minimum atomic E-state index is 0.0825. The molecule has 0 fully saturated rings. The summed E-state index contributed by atoms with van der Waals surface area (Å²) in [5.41, 5.74) is 0.975. The zero-order valence-corrected chi connectivity index (χ0v) is 13.9. The number of amides is 1. The fourth-order valence-corrected chi connectivity index (χ4v) is 2.74. The molecule has 4 nitrogen and oxygen atoms in total. The van der Waals surface area contributed by atoms with E-state index in [1.54, 1.807) is 17.5 Å². The zero-order chi connectivity index (χ0) is 15.8. The Labute approximate surface area is 135 Å². The number of aromatic nitrogens is 1. The molecule has 2 aromatic heterocycles. The van der Waals surface area contributed by atoms with Gasteiger partial charge in [-0.2, -0.15) is 0 Å². The maximum absolute atomic E-state index is 11.8. The third-order valence-corrected chi connectivity index (χ3v) is 3.99. The molecule has 1 amide bonds. The average Bonchev–Trinajstić information content (AvgIpc) is 2.99. The molecule has 118 valence electrons. The van der Waals surface area contributed by atoms with Crippen molar-refractivity contribution in [2.45, 2.75) is 45.8 Å². The maximum atomic E-state index is 11.8. The first-order valence-corrected chi connectivity index (χ1v) is 8.42. The quantitative estimate of drug-likeness (QED) is 0.809. The summed E-state index contributed by atoms with van der Waals surface area (Å²) in [5.74, 6) is 0.695. The number of thiophene rings is 1. The largest absolute Gasteiger partial charge is 0.475 e. The fraction of sp³-hybridized carbons (Fsp3) is 0.412. The highest BCUT2D eigenvalue weighted by atomic mass is 32.1. The maximum Gasteiger partial charge on any atom is 0.220 e. The van der Waals surface area contributed by atoms with E-state index in [1.165, 1.54) is 4.88 Å². The summed E-state index contributed by atoms with van der Waals surface area (Å²) in [7, 11) is 0. The van der Waals surface area contributed by atoms with E-state index in [2.05, 4.69) is 21.7 Å². The second-order valence-electron chi connectivity index (χ2n) is 5.38. The van der Waals surface area contributed by atoms with Crippen molar-refractivity contribution in [3.05, 3.63) is 46.3 Å². The summed E-state index contributed by atoms with van der Waals surface area (Å²) in [6, 6.07) is 7.91. The van der Waals surface area contributed by atoms with Gasteiger partial charge >= 0.3 is 0 Å². The molecule has 1 N–H and O–H groups in total. The molecule has 0 bridgehead atoms. The molecule has 0 saturated heterocycles. The summed E-state index contributed by atoms with van der Waals surface area (Å²) in [6.45, 7) is 4.44. The van der Waals surface area contributed by atoms with Crippen LogP contribution in [0.2, 0.25) is 0 Å². The number of hydrogen-bond donors (Lipinski definition) is 1. The van der Waals surface area contributed by atoms with Crippen molar-refractivity contribution in [3.63, 3.8) is 0 Å². The summed E-state index contributed by atoms with van der Waals surface area (Å²) in [5, 5.41) is 4.99. The molecule has 0 atom stereocenters. The van der Waals surface area contributed by atoms with E-state index >= 15 is 0 Å². The van der Waals surface area contributed by atoms with Crippen molar-refractivity contribution >= 4 is 17.2 Å². The molecule has 2 heterocycles. The van der Waals surface area contributed by atoms with Gasteiger partial charge in [0.25, 0.3) is 0 Å². The number of ether oxygens (including phenoxy) is 1. The molecule has 2 rings (SSSR count). The van der Waals surface area contributed by atoms with Crippen LogP contribution in [0.1, 0.15) is 37.1 Å². The lowest BCUT2D eigenvalue weighted by Crippen LogP contribution is -2.22. The first-order chi connectivity index (χ1) is 10.6. The number of pyridine rings is 1. The lowest BCUT2D eigenvalue weighted by Gasteiger charge is -2.09. The van der Waals surface area contributed by atoms with Gasteiger partial charge in [-0.05, 0) is 43.7 Å². The van der Waals surface area contributed by atoms with Crippen LogP contribution in [0.4, 0.5) is 0 Å². The van der Waals surface area contributed by atoms with E-state index < -0.39 is 0 Å². The van der Waals surface area contributed by atoms with Crippen molar-refractivity contribution in [1.29, 1.82) is 0 Å². The van der Waals surface area contributed by atoms with Crippen LogP contribution in [0, 0.1) is 0 Å². The van der Waals surface area contributed by atoms with Crippen LogP contribution in [-0.4, -0.2) is 17.0 Å². The summed E-state index contributed by atoms with van der Waals surface area (Å²) < 4.78 is 5.49. The van der Waals surface area contributed by atoms with Gasteiger partial charge in [0, 0.05) is 30.1 Å². The summed E-state index contributed by atoms with van der Waals surface area (Å²) in [4.78, 5) is 17.4. The molecule has 0 aliphatic carbocycles. The third kappa shape index (κ3) is 5.85. The minimum Gasteiger partial charge on any atom is -0.475 e. The van der Waals surface area contributed by atoms with Gasteiger partial charge in [0.1, 0.15) is 0 Å². The molecule has 0 spiro atoms. The lowest BCUT2D eigenvalue weighted by molar-refractivity contribution is -0.121. The van der Waals surface area contributed by atoms with Gasteiger partial charge < -0.3 is 10.1 Å². The van der Waals surface area contributed by atoms with Gasteiger partial charge in [-0.15, -0.1) is 11.3 Å². The number of carbonyl (C=O) groups excluding carboxylic acids is 1. The van der Waals surface area contributed by atoms with Crippen LogP contribution in [0.3, 0.4) is 0 Å². The van der Waals surface area contributed by atoms with Gasteiger partial charge in [-0.1, -0.05) is 12.1 Å². The monoisotopic (exact) mass is 318 g/mol.